The summed E-state index contributed by atoms with van der Waals surface area (Å²) >= 11 is 3.13. The van der Waals surface area contributed by atoms with Crippen molar-refractivity contribution in [2.45, 2.75) is 13.8 Å². The zero-order valence-electron chi connectivity index (χ0n) is 10.5. The number of rotatable bonds is 2. The third-order valence-corrected chi connectivity index (χ3v) is 5.18. The van der Waals surface area contributed by atoms with E-state index in [-0.39, 0.29) is 11.6 Å². The van der Waals surface area contributed by atoms with Crippen molar-refractivity contribution in [3.63, 3.8) is 0 Å². The van der Waals surface area contributed by atoms with E-state index in [2.05, 4.69) is 0 Å². The number of carbonyl (C=O) groups is 1. The second kappa shape index (κ2) is 4.54. The van der Waals surface area contributed by atoms with E-state index in [4.69, 9.17) is 0 Å². The number of ketones is 1. The standard InChI is InChI=1S/C15H11FOS2/c1-8-5-10(16)6-9(2)14(8)15(17)13-7-12-11(19-13)3-4-18-12/h3-7H,1-2H3. The molecule has 0 aliphatic rings. The summed E-state index contributed by atoms with van der Waals surface area (Å²) in [5.41, 5.74) is 2.01. The Balaban J connectivity index is 2.12. The van der Waals surface area contributed by atoms with Crippen LogP contribution in [-0.4, -0.2) is 5.78 Å². The number of carbonyl (C=O) groups excluding carboxylic acids is 1. The minimum Gasteiger partial charge on any atom is -0.288 e. The number of thiophene rings is 2. The van der Waals surface area contributed by atoms with Crippen LogP contribution in [-0.2, 0) is 0 Å². The van der Waals surface area contributed by atoms with Gasteiger partial charge in [0.1, 0.15) is 5.82 Å². The minimum atomic E-state index is -0.293. The van der Waals surface area contributed by atoms with E-state index in [1.54, 1.807) is 25.2 Å². The van der Waals surface area contributed by atoms with Crippen molar-refractivity contribution in [1.82, 2.24) is 0 Å². The topological polar surface area (TPSA) is 17.1 Å². The zero-order chi connectivity index (χ0) is 13.6. The Hall–Kier alpha value is -1.52. The first-order valence-corrected chi connectivity index (χ1v) is 7.54. The van der Waals surface area contributed by atoms with Crippen LogP contribution in [0.5, 0.6) is 0 Å². The van der Waals surface area contributed by atoms with Crippen LogP contribution in [0, 0.1) is 19.7 Å². The number of benzene rings is 1. The van der Waals surface area contributed by atoms with Gasteiger partial charge < -0.3 is 0 Å². The molecule has 0 aliphatic heterocycles. The molecule has 2 aromatic heterocycles. The lowest BCUT2D eigenvalue weighted by molar-refractivity contribution is 0.104. The summed E-state index contributed by atoms with van der Waals surface area (Å²) in [4.78, 5) is 13.3. The van der Waals surface area contributed by atoms with Crippen LogP contribution in [0.25, 0.3) is 9.40 Å². The lowest BCUT2D eigenvalue weighted by Gasteiger charge is -2.07. The summed E-state index contributed by atoms with van der Waals surface area (Å²) in [6.45, 7) is 3.55. The van der Waals surface area contributed by atoms with Gasteiger partial charge in [0.2, 0.25) is 5.78 Å². The molecule has 0 radical (unpaired) electrons. The molecule has 0 N–H and O–H groups in total. The van der Waals surface area contributed by atoms with E-state index in [1.165, 1.54) is 23.5 Å². The van der Waals surface area contributed by atoms with E-state index >= 15 is 0 Å². The molecular formula is C15H11FOS2. The average Bonchev–Trinajstić information content (AvgIpc) is 2.86. The molecule has 3 aromatic rings. The van der Waals surface area contributed by atoms with Crippen LogP contribution in [0.1, 0.15) is 26.4 Å². The minimum absolute atomic E-state index is 0.0107. The first kappa shape index (κ1) is 12.5. The van der Waals surface area contributed by atoms with Crippen LogP contribution in [0.15, 0.2) is 29.6 Å². The van der Waals surface area contributed by atoms with Crippen LogP contribution < -0.4 is 0 Å². The Morgan fingerprint density at radius 1 is 1.11 bits per heavy atom. The predicted octanol–water partition coefficient (Wildman–Crippen LogP) is 4.95. The normalized spacial score (nSPS) is 11.1. The summed E-state index contributed by atoms with van der Waals surface area (Å²) in [6.07, 6.45) is 0. The van der Waals surface area contributed by atoms with E-state index in [1.807, 2.05) is 17.5 Å². The fraction of sp³-hybridized carbons (Fsp3) is 0.133. The largest absolute Gasteiger partial charge is 0.288 e. The van der Waals surface area contributed by atoms with Crippen molar-refractivity contribution >= 4 is 37.9 Å². The van der Waals surface area contributed by atoms with Gasteiger partial charge in [-0.1, -0.05) is 0 Å². The maximum Gasteiger partial charge on any atom is 0.203 e. The number of hydrogen-bond donors (Lipinski definition) is 0. The molecule has 1 nitrogen and oxygen atoms in total. The van der Waals surface area contributed by atoms with E-state index in [0.29, 0.717) is 16.7 Å². The molecule has 1 aromatic carbocycles. The molecule has 19 heavy (non-hydrogen) atoms. The van der Waals surface area contributed by atoms with Gasteiger partial charge in [0.05, 0.1) is 4.88 Å². The van der Waals surface area contributed by atoms with Crippen LogP contribution in [0.4, 0.5) is 4.39 Å². The first-order chi connectivity index (χ1) is 9.06. The van der Waals surface area contributed by atoms with Gasteiger partial charge in [-0.3, -0.25) is 4.79 Å². The number of fused-ring (bicyclic) bond motifs is 1. The van der Waals surface area contributed by atoms with Crippen LogP contribution in [0.2, 0.25) is 0 Å². The second-order valence-electron chi connectivity index (χ2n) is 4.50. The highest BCUT2D eigenvalue weighted by Crippen LogP contribution is 2.32. The van der Waals surface area contributed by atoms with Gasteiger partial charge >= 0.3 is 0 Å². The molecule has 0 fully saturated rings. The second-order valence-corrected chi connectivity index (χ2v) is 6.53. The van der Waals surface area contributed by atoms with Crippen LogP contribution in [0.3, 0.4) is 0 Å². The van der Waals surface area contributed by atoms with Gasteiger partial charge in [-0.05, 0) is 54.6 Å². The van der Waals surface area contributed by atoms with Crippen molar-refractivity contribution in [3.05, 3.63) is 57.0 Å². The van der Waals surface area contributed by atoms with Crippen molar-refractivity contribution < 1.29 is 9.18 Å². The third-order valence-electron chi connectivity index (χ3n) is 3.09. The van der Waals surface area contributed by atoms with Crippen molar-refractivity contribution in [2.75, 3.05) is 0 Å². The fourth-order valence-electron chi connectivity index (χ4n) is 2.27. The molecular weight excluding hydrogens is 279 g/mol. The van der Waals surface area contributed by atoms with E-state index in [9.17, 15) is 9.18 Å². The molecule has 2 heterocycles. The molecule has 0 bridgehead atoms. The summed E-state index contributed by atoms with van der Waals surface area (Å²) in [5, 5.41) is 2.02. The van der Waals surface area contributed by atoms with Gasteiger partial charge in [0, 0.05) is 15.0 Å². The van der Waals surface area contributed by atoms with Crippen molar-refractivity contribution in [3.8, 4) is 0 Å². The smallest absolute Gasteiger partial charge is 0.203 e. The SMILES string of the molecule is Cc1cc(F)cc(C)c1C(=O)c1cc2sccc2s1. The summed E-state index contributed by atoms with van der Waals surface area (Å²) in [6, 6.07) is 6.77. The molecule has 0 atom stereocenters. The lowest BCUT2D eigenvalue weighted by Crippen LogP contribution is -2.05. The Morgan fingerprint density at radius 2 is 1.79 bits per heavy atom. The van der Waals surface area contributed by atoms with Crippen molar-refractivity contribution in [2.24, 2.45) is 0 Å². The number of aryl methyl sites for hydroxylation is 2. The maximum atomic E-state index is 13.3. The summed E-state index contributed by atoms with van der Waals surface area (Å²) in [5.74, 6) is -0.304. The zero-order valence-corrected chi connectivity index (χ0v) is 12.1. The molecule has 0 amide bonds. The lowest BCUT2D eigenvalue weighted by atomic mass is 9.98. The highest BCUT2D eigenvalue weighted by molar-refractivity contribution is 7.28. The summed E-state index contributed by atoms with van der Waals surface area (Å²) in [7, 11) is 0. The molecule has 3 rings (SSSR count). The Kier molecular flexibility index (Phi) is 2.99. The van der Waals surface area contributed by atoms with Gasteiger partial charge in [0.25, 0.3) is 0 Å². The van der Waals surface area contributed by atoms with Gasteiger partial charge in [0.15, 0.2) is 0 Å². The van der Waals surface area contributed by atoms with Gasteiger partial charge in [-0.25, -0.2) is 4.39 Å². The molecule has 0 unspecified atom stereocenters. The van der Waals surface area contributed by atoms with Crippen LogP contribution >= 0.6 is 22.7 Å². The quantitative estimate of drug-likeness (QED) is 0.610. The highest BCUT2D eigenvalue weighted by Gasteiger charge is 2.18. The molecule has 0 spiro atoms. The Bertz CT molecular complexity index is 731. The van der Waals surface area contributed by atoms with Gasteiger partial charge in [-0.15, -0.1) is 22.7 Å². The van der Waals surface area contributed by atoms with E-state index < -0.39 is 0 Å². The van der Waals surface area contributed by atoms with Crippen molar-refractivity contribution in [1.29, 1.82) is 0 Å². The molecule has 0 saturated carbocycles. The molecule has 0 aliphatic carbocycles. The monoisotopic (exact) mass is 290 g/mol. The van der Waals surface area contributed by atoms with Gasteiger partial charge in [-0.2, -0.15) is 0 Å². The summed E-state index contributed by atoms with van der Waals surface area (Å²) < 4.78 is 15.5. The maximum absolute atomic E-state index is 13.3. The van der Waals surface area contributed by atoms with E-state index in [0.717, 1.165) is 14.3 Å². The highest BCUT2D eigenvalue weighted by atomic mass is 32.1. The number of hydrogen-bond acceptors (Lipinski definition) is 3. The Morgan fingerprint density at radius 3 is 2.42 bits per heavy atom. The molecule has 0 saturated heterocycles. The molecule has 96 valence electrons. The molecule has 4 heteroatoms. The Labute approximate surface area is 118 Å². The average molecular weight is 290 g/mol. The fourth-order valence-corrected chi connectivity index (χ4v) is 4.32. The first-order valence-electron chi connectivity index (χ1n) is 5.85. The third kappa shape index (κ3) is 2.11. The predicted molar refractivity (Wildman–Crippen MR) is 79.0 cm³/mol. The number of halogens is 1.